The van der Waals surface area contributed by atoms with Gasteiger partial charge in [-0.2, -0.15) is 10.1 Å². The van der Waals surface area contributed by atoms with Crippen LogP contribution in [0.15, 0.2) is 47.2 Å². The summed E-state index contributed by atoms with van der Waals surface area (Å²) in [4.78, 5) is 6.94. The largest absolute Gasteiger partial charge is 0.338 e. The van der Waals surface area contributed by atoms with E-state index in [-0.39, 0.29) is 0 Å². The molecule has 1 aliphatic heterocycles. The van der Waals surface area contributed by atoms with Gasteiger partial charge in [0.25, 0.3) is 0 Å². The van der Waals surface area contributed by atoms with Gasteiger partial charge in [-0.25, -0.2) is 0 Å². The molecule has 0 bridgehead atoms. The highest BCUT2D eigenvalue weighted by atomic mass is 16.5. The molecule has 2 aromatic heterocycles. The van der Waals surface area contributed by atoms with Crippen LogP contribution in [0.2, 0.25) is 0 Å². The van der Waals surface area contributed by atoms with Gasteiger partial charge >= 0.3 is 0 Å². The van der Waals surface area contributed by atoms with Crippen LogP contribution in [0.25, 0.3) is 0 Å². The van der Waals surface area contributed by atoms with Crippen molar-refractivity contribution in [2.75, 3.05) is 13.1 Å². The van der Waals surface area contributed by atoms with Gasteiger partial charge in [0, 0.05) is 19.7 Å². The molecule has 0 aliphatic carbocycles. The lowest BCUT2D eigenvalue weighted by Crippen LogP contribution is -2.32. The van der Waals surface area contributed by atoms with Crippen LogP contribution in [0.4, 0.5) is 0 Å². The zero-order chi connectivity index (χ0) is 17.1. The maximum Gasteiger partial charge on any atom is 0.240 e. The molecular formula is C19H23N5O. The molecule has 1 aromatic carbocycles. The third-order valence-corrected chi connectivity index (χ3v) is 4.86. The molecule has 0 unspecified atom stereocenters. The summed E-state index contributed by atoms with van der Waals surface area (Å²) in [6.07, 6.45) is 7.14. The number of likely N-dealkylation sites (tertiary alicyclic amines) is 1. The smallest absolute Gasteiger partial charge is 0.240 e. The van der Waals surface area contributed by atoms with Gasteiger partial charge in [0.2, 0.25) is 5.89 Å². The van der Waals surface area contributed by atoms with Crippen molar-refractivity contribution in [3.8, 4) is 0 Å². The number of hydrogen-bond acceptors (Lipinski definition) is 5. The average Bonchev–Trinajstić information content (AvgIpc) is 3.26. The molecular weight excluding hydrogens is 314 g/mol. The molecule has 25 heavy (non-hydrogen) atoms. The van der Waals surface area contributed by atoms with E-state index in [1.54, 1.807) is 0 Å². The fourth-order valence-electron chi connectivity index (χ4n) is 3.47. The molecule has 0 amide bonds. The molecule has 1 aliphatic rings. The summed E-state index contributed by atoms with van der Waals surface area (Å²) in [5.41, 5.74) is 2.55. The Bertz CT molecular complexity index is 802. The van der Waals surface area contributed by atoms with Crippen LogP contribution in [0.1, 0.15) is 41.6 Å². The fraction of sp³-hybridized carbons (Fsp3) is 0.421. The maximum atomic E-state index is 5.44. The standard InChI is InChI=1S/C19H23N5O/c1-23-13-17(12-20-23)16-7-9-24(10-8-16)14-19-21-18(22-25-19)11-15-5-3-2-4-6-15/h2-6,12-13,16H,7-11,14H2,1H3. The van der Waals surface area contributed by atoms with Crippen molar-refractivity contribution in [2.24, 2.45) is 7.05 Å². The molecule has 130 valence electrons. The lowest BCUT2D eigenvalue weighted by Gasteiger charge is -2.30. The van der Waals surface area contributed by atoms with Crippen molar-refractivity contribution in [1.29, 1.82) is 0 Å². The van der Waals surface area contributed by atoms with E-state index in [4.69, 9.17) is 4.52 Å². The van der Waals surface area contributed by atoms with Crippen LogP contribution in [0, 0.1) is 0 Å². The molecule has 6 heteroatoms. The SMILES string of the molecule is Cn1cc(C2CCN(Cc3nc(Cc4ccccc4)no3)CC2)cn1. The van der Waals surface area contributed by atoms with Gasteiger partial charge in [-0.3, -0.25) is 9.58 Å². The van der Waals surface area contributed by atoms with Gasteiger partial charge in [0.05, 0.1) is 12.7 Å². The first kappa shape index (κ1) is 16.0. The lowest BCUT2D eigenvalue weighted by molar-refractivity contribution is 0.181. The lowest BCUT2D eigenvalue weighted by atomic mass is 9.91. The first-order chi connectivity index (χ1) is 12.3. The van der Waals surface area contributed by atoms with Gasteiger partial charge in [-0.1, -0.05) is 35.5 Å². The first-order valence-corrected chi connectivity index (χ1v) is 8.82. The van der Waals surface area contributed by atoms with Crippen LogP contribution < -0.4 is 0 Å². The fourth-order valence-corrected chi connectivity index (χ4v) is 3.47. The highest BCUT2D eigenvalue weighted by molar-refractivity contribution is 5.18. The summed E-state index contributed by atoms with van der Waals surface area (Å²) in [6.45, 7) is 2.84. The van der Waals surface area contributed by atoms with Crippen LogP contribution in [0.3, 0.4) is 0 Å². The number of rotatable bonds is 5. The monoisotopic (exact) mass is 337 g/mol. The van der Waals surface area contributed by atoms with Crippen molar-refractivity contribution < 1.29 is 4.52 Å². The summed E-state index contributed by atoms with van der Waals surface area (Å²) in [5.74, 6) is 2.08. The number of nitrogens with zero attached hydrogens (tertiary/aromatic N) is 5. The van der Waals surface area contributed by atoms with Crippen LogP contribution in [-0.2, 0) is 20.0 Å². The quantitative estimate of drug-likeness (QED) is 0.716. The van der Waals surface area contributed by atoms with Crippen molar-refractivity contribution in [3.05, 3.63) is 65.6 Å². The molecule has 6 nitrogen and oxygen atoms in total. The number of hydrogen-bond donors (Lipinski definition) is 0. The topological polar surface area (TPSA) is 60.0 Å². The van der Waals surface area contributed by atoms with E-state index in [0.717, 1.165) is 38.3 Å². The van der Waals surface area contributed by atoms with Gasteiger partial charge in [0.15, 0.2) is 5.82 Å². The minimum atomic E-state index is 0.612. The zero-order valence-corrected chi connectivity index (χ0v) is 14.5. The second-order valence-electron chi connectivity index (χ2n) is 6.76. The maximum absolute atomic E-state index is 5.44. The summed E-state index contributed by atoms with van der Waals surface area (Å²) in [5, 5.41) is 8.40. The highest BCUT2D eigenvalue weighted by Crippen LogP contribution is 2.28. The normalized spacial score (nSPS) is 16.4. The Labute approximate surface area is 147 Å². The van der Waals surface area contributed by atoms with E-state index in [9.17, 15) is 0 Å². The second-order valence-corrected chi connectivity index (χ2v) is 6.76. The van der Waals surface area contributed by atoms with Crippen molar-refractivity contribution >= 4 is 0 Å². The molecule has 1 fully saturated rings. The van der Waals surface area contributed by atoms with Gasteiger partial charge in [-0.15, -0.1) is 0 Å². The van der Waals surface area contributed by atoms with E-state index >= 15 is 0 Å². The molecule has 0 atom stereocenters. The van der Waals surface area contributed by atoms with E-state index in [1.165, 1.54) is 11.1 Å². The molecule has 4 rings (SSSR count). The molecule has 0 saturated carbocycles. The van der Waals surface area contributed by atoms with Gasteiger partial charge in [0.1, 0.15) is 0 Å². The molecule has 0 radical (unpaired) electrons. The Morgan fingerprint density at radius 2 is 1.96 bits per heavy atom. The van der Waals surface area contributed by atoms with E-state index in [0.29, 0.717) is 18.2 Å². The Balaban J connectivity index is 1.30. The number of aromatic nitrogens is 4. The van der Waals surface area contributed by atoms with Gasteiger partial charge in [-0.05, 0) is 43.0 Å². The molecule has 0 N–H and O–H groups in total. The minimum absolute atomic E-state index is 0.612. The van der Waals surface area contributed by atoms with Crippen LogP contribution in [0.5, 0.6) is 0 Å². The molecule has 3 aromatic rings. The minimum Gasteiger partial charge on any atom is -0.338 e. The Hall–Kier alpha value is -2.47. The third-order valence-electron chi connectivity index (χ3n) is 4.86. The van der Waals surface area contributed by atoms with E-state index in [1.807, 2.05) is 36.1 Å². The van der Waals surface area contributed by atoms with Crippen molar-refractivity contribution in [3.63, 3.8) is 0 Å². The van der Waals surface area contributed by atoms with Crippen molar-refractivity contribution in [1.82, 2.24) is 24.8 Å². The van der Waals surface area contributed by atoms with Crippen LogP contribution in [-0.4, -0.2) is 37.9 Å². The summed E-state index contributed by atoms with van der Waals surface area (Å²) in [7, 11) is 1.97. The molecule has 0 spiro atoms. The highest BCUT2D eigenvalue weighted by Gasteiger charge is 2.23. The van der Waals surface area contributed by atoms with E-state index in [2.05, 4.69) is 38.5 Å². The molecule has 1 saturated heterocycles. The molecule has 3 heterocycles. The predicted molar refractivity (Wildman–Crippen MR) is 94.0 cm³/mol. The summed E-state index contributed by atoms with van der Waals surface area (Å²) >= 11 is 0. The average molecular weight is 337 g/mol. The van der Waals surface area contributed by atoms with Crippen molar-refractivity contribution in [2.45, 2.75) is 31.7 Å². The Kier molecular flexibility index (Phi) is 4.61. The summed E-state index contributed by atoms with van der Waals surface area (Å²) in [6, 6.07) is 10.2. The predicted octanol–water partition coefficient (Wildman–Crippen LogP) is 2.77. The third kappa shape index (κ3) is 3.96. The Morgan fingerprint density at radius 3 is 2.68 bits per heavy atom. The number of benzene rings is 1. The summed E-state index contributed by atoms with van der Waals surface area (Å²) < 4.78 is 7.32. The zero-order valence-electron chi connectivity index (χ0n) is 14.5. The Morgan fingerprint density at radius 1 is 1.16 bits per heavy atom. The first-order valence-electron chi connectivity index (χ1n) is 8.82. The van der Waals surface area contributed by atoms with Crippen LogP contribution >= 0.6 is 0 Å². The van der Waals surface area contributed by atoms with E-state index < -0.39 is 0 Å². The number of aryl methyl sites for hydroxylation is 1. The number of piperidine rings is 1. The second kappa shape index (κ2) is 7.19. The van der Waals surface area contributed by atoms with Gasteiger partial charge < -0.3 is 4.52 Å².